The van der Waals surface area contributed by atoms with Gasteiger partial charge >= 0.3 is 5.97 Å². The number of nitrogens with zero attached hydrogens (tertiary/aromatic N) is 1. The van der Waals surface area contributed by atoms with Crippen LogP contribution in [0.2, 0.25) is 0 Å². The SMILES string of the molecule is COC(=O)C1CCN(C(=O)CCSC)CC1. The molecular weight excluding hydrogens is 226 g/mol. The van der Waals surface area contributed by atoms with Crippen molar-refractivity contribution in [1.29, 1.82) is 0 Å². The van der Waals surface area contributed by atoms with Gasteiger partial charge in [0.15, 0.2) is 0 Å². The van der Waals surface area contributed by atoms with E-state index in [-0.39, 0.29) is 17.8 Å². The third-order valence-electron chi connectivity index (χ3n) is 2.90. The number of likely N-dealkylation sites (tertiary alicyclic amines) is 1. The number of rotatable bonds is 4. The van der Waals surface area contributed by atoms with Crippen LogP contribution in [0.15, 0.2) is 0 Å². The highest BCUT2D eigenvalue weighted by Gasteiger charge is 2.27. The molecule has 1 aliphatic heterocycles. The molecule has 92 valence electrons. The summed E-state index contributed by atoms with van der Waals surface area (Å²) < 4.78 is 4.70. The molecule has 0 saturated carbocycles. The Morgan fingerprint density at radius 3 is 2.50 bits per heavy atom. The fraction of sp³-hybridized carbons (Fsp3) is 0.818. The molecule has 0 aromatic heterocycles. The number of esters is 1. The van der Waals surface area contributed by atoms with Crippen LogP contribution in [0.1, 0.15) is 19.3 Å². The van der Waals surface area contributed by atoms with Gasteiger partial charge in [0.05, 0.1) is 13.0 Å². The molecule has 0 unspecified atom stereocenters. The van der Waals surface area contributed by atoms with E-state index in [9.17, 15) is 9.59 Å². The second-order valence-corrected chi connectivity index (χ2v) is 4.91. The van der Waals surface area contributed by atoms with Gasteiger partial charge in [-0.3, -0.25) is 9.59 Å². The van der Waals surface area contributed by atoms with E-state index in [1.165, 1.54) is 7.11 Å². The quantitative estimate of drug-likeness (QED) is 0.697. The van der Waals surface area contributed by atoms with Crippen molar-refractivity contribution in [1.82, 2.24) is 4.90 Å². The number of piperidine rings is 1. The summed E-state index contributed by atoms with van der Waals surface area (Å²) in [5, 5.41) is 0. The van der Waals surface area contributed by atoms with Crippen LogP contribution in [0.4, 0.5) is 0 Å². The van der Waals surface area contributed by atoms with Crippen LogP contribution in [-0.4, -0.2) is 49.0 Å². The summed E-state index contributed by atoms with van der Waals surface area (Å²) in [7, 11) is 1.42. The van der Waals surface area contributed by atoms with Gasteiger partial charge in [-0.2, -0.15) is 11.8 Å². The number of carbonyl (C=O) groups is 2. The summed E-state index contributed by atoms with van der Waals surface area (Å²) in [4.78, 5) is 24.8. The van der Waals surface area contributed by atoms with Crippen molar-refractivity contribution in [3.63, 3.8) is 0 Å². The normalized spacial score (nSPS) is 17.2. The van der Waals surface area contributed by atoms with Crippen molar-refractivity contribution in [2.24, 2.45) is 5.92 Å². The van der Waals surface area contributed by atoms with Gasteiger partial charge in [-0.1, -0.05) is 0 Å². The Labute approximate surface area is 101 Å². The maximum absolute atomic E-state index is 11.7. The van der Waals surface area contributed by atoms with Crippen LogP contribution in [0.5, 0.6) is 0 Å². The average molecular weight is 245 g/mol. The third kappa shape index (κ3) is 3.70. The maximum Gasteiger partial charge on any atom is 0.308 e. The monoisotopic (exact) mass is 245 g/mol. The van der Waals surface area contributed by atoms with Gasteiger partial charge in [0.2, 0.25) is 5.91 Å². The molecule has 0 aromatic rings. The summed E-state index contributed by atoms with van der Waals surface area (Å²) in [6, 6.07) is 0. The maximum atomic E-state index is 11.7. The van der Waals surface area contributed by atoms with Crippen molar-refractivity contribution in [2.45, 2.75) is 19.3 Å². The number of methoxy groups -OCH3 is 1. The fourth-order valence-corrected chi connectivity index (χ4v) is 2.26. The first-order chi connectivity index (χ1) is 7.69. The Bertz CT molecular complexity index is 250. The third-order valence-corrected chi connectivity index (χ3v) is 3.51. The van der Waals surface area contributed by atoms with Gasteiger partial charge in [0.1, 0.15) is 0 Å². The first-order valence-corrected chi connectivity index (χ1v) is 6.93. The van der Waals surface area contributed by atoms with Gasteiger partial charge < -0.3 is 9.64 Å². The molecule has 0 atom stereocenters. The molecule has 1 heterocycles. The number of carbonyl (C=O) groups excluding carboxylic acids is 2. The number of ether oxygens (including phenoxy) is 1. The zero-order valence-electron chi connectivity index (χ0n) is 9.90. The largest absolute Gasteiger partial charge is 0.469 e. The van der Waals surface area contributed by atoms with E-state index >= 15 is 0 Å². The summed E-state index contributed by atoms with van der Waals surface area (Å²) in [5.41, 5.74) is 0. The standard InChI is InChI=1S/C11H19NO3S/c1-15-11(14)9-3-6-12(7-4-9)10(13)5-8-16-2/h9H,3-8H2,1-2H3. The average Bonchev–Trinajstić information content (AvgIpc) is 2.35. The molecule has 1 amide bonds. The smallest absolute Gasteiger partial charge is 0.308 e. The highest BCUT2D eigenvalue weighted by atomic mass is 32.2. The molecule has 5 heteroatoms. The molecule has 0 radical (unpaired) electrons. The predicted octanol–water partition coefficient (Wildman–Crippen LogP) is 1.15. The molecule has 0 bridgehead atoms. The van der Waals surface area contributed by atoms with Crippen molar-refractivity contribution >= 4 is 23.6 Å². The fourth-order valence-electron chi connectivity index (χ4n) is 1.88. The Morgan fingerprint density at radius 2 is 2.00 bits per heavy atom. The lowest BCUT2D eigenvalue weighted by Crippen LogP contribution is -2.40. The van der Waals surface area contributed by atoms with Crippen LogP contribution in [0.3, 0.4) is 0 Å². The molecule has 16 heavy (non-hydrogen) atoms. The summed E-state index contributed by atoms with van der Waals surface area (Å²) in [6.07, 6.45) is 4.07. The highest BCUT2D eigenvalue weighted by molar-refractivity contribution is 7.98. The molecular formula is C11H19NO3S. The second-order valence-electron chi connectivity index (χ2n) is 3.92. The molecule has 1 fully saturated rings. The van der Waals surface area contributed by atoms with Crippen LogP contribution < -0.4 is 0 Å². The summed E-state index contributed by atoms with van der Waals surface area (Å²) in [5.74, 6) is 0.916. The molecule has 1 rings (SSSR count). The molecule has 0 aromatic carbocycles. The van der Waals surface area contributed by atoms with Gasteiger partial charge in [-0.25, -0.2) is 0 Å². The van der Waals surface area contributed by atoms with Crippen LogP contribution in [0, 0.1) is 5.92 Å². The minimum Gasteiger partial charge on any atom is -0.469 e. The van der Waals surface area contributed by atoms with E-state index in [1.807, 2.05) is 11.2 Å². The molecule has 0 aliphatic carbocycles. The van der Waals surface area contributed by atoms with E-state index in [1.54, 1.807) is 11.8 Å². The van der Waals surface area contributed by atoms with E-state index in [0.29, 0.717) is 19.5 Å². The number of hydrogen-bond donors (Lipinski definition) is 0. The lowest BCUT2D eigenvalue weighted by Gasteiger charge is -2.30. The molecule has 0 N–H and O–H groups in total. The lowest BCUT2D eigenvalue weighted by atomic mass is 9.97. The molecule has 1 aliphatic rings. The zero-order chi connectivity index (χ0) is 12.0. The van der Waals surface area contributed by atoms with Gasteiger partial charge in [0, 0.05) is 25.3 Å². The van der Waals surface area contributed by atoms with Crippen molar-refractivity contribution in [3.8, 4) is 0 Å². The Kier molecular flexibility index (Phi) is 5.66. The molecule has 0 spiro atoms. The second kappa shape index (κ2) is 6.78. The number of hydrogen-bond acceptors (Lipinski definition) is 4. The van der Waals surface area contributed by atoms with Crippen LogP contribution >= 0.6 is 11.8 Å². The summed E-state index contributed by atoms with van der Waals surface area (Å²) in [6.45, 7) is 1.37. The predicted molar refractivity (Wildman–Crippen MR) is 64.3 cm³/mol. The zero-order valence-corrected chi connectivity index (χ0v) is 10.7. The van der Waals surface area contributed by atoms with Crippen molar-refractivity contribution in [3.05, 3.63) is 0 Å². The topological polar surface area (TPSA) is 46.6 Å². The van der Waals surface area contributed by atoms with Gasteiger partial charge in [-0.05, 0) is 19.1 Å². The minimum atomic E-state index is -0.142. The molecule has 1 saturated heterocycles. The van der Waals surface area contributed by atoms with E-state index in [4.69, 9.17) is 4.74 Å². The van der Waals surface area contributed by atoms with E-state index in [0.717, 1.165) is 18.6 Å². The first kappa shape index (κ1) is 13.4. The van der Waals surface area contributed by atoms with Gasteiger partial charge in [-0.15, -0.1) is 0 Å². The Balaban J connectivity index is 2.31. The van der Waals surface area contributed by atoms with Crippen molar-refractivity contribution < 1.29 is 14.3 Å². The Morgan fingerprint density at radius 1 is 1.38 bits per heavy atom. The number of thioether (sulfide) groups is 1. The Hall–Kier alpha value is -0.710. The minimum absolute atomic E-state index is 0.0189. The van der Waals surface area contributed by atoms with Crippen LogP contribution in [-0.2, 0) is 14.3 Å². The van der Waals surface area contributed by atoms with Gasteiger partial charge in [0.25, 0.3) is 0 Å². The highest BCUT2D eigenvalue weighted by Crippen LogP contribution is 2.19. The summed E-state index contributed by atoms with van der Waals surface area (Å²) >= 11 is 1.68. The number of amides is 1. The molecule has 4 nitrogen and oxygen atoms in total. The van der Waals surface area contributed by atoms with Crippen LogP contribution in [0.25, 0.3) is 0 Å². The lowest BCUT2D eigenvalue weighted by molar-refractivity contribution is -0.148. The first-order valence-electron chi connectivity index (χ1n) is 5.53. The van der Waals surface area contributed by atoms with Crippen molar-refractivity contribution in [2.75, 3.05) is 32.2 Å². The van der Waals surface area contributed by atoms with E-state index < -0.39 is 0 Å². The van der Waals surface area contributed by atoms with E-state index in [2.05, 4.69) is 0 Å².